The highest BCUT2D eigenvalue weighted by Crippen LogP contribution is 2.29. The van der Waals surface area contributed by atoms with E-state index < -0.39 is 0 Å². The maximum absolute atomic E-state index is 11.5. The van der Waals surface area contributed by atoms with E-state index in [4.69, 9.17) is 15.6 Å². The SMILES string of the molecule is COc1ccc(-c2nc(N3CCCC(CN(N)C(C)=O)C3)nc3[nH]cnc23)cc1. The standard InChI is InChI=1S/C20H25N7O2/c1-13(28)27(21)11-14-4-3-9-26(10-14)20-24-17(18-19(25-20)23-12-22-18)15-5-7-16(29-2)8-6-15/h5-8,12,14H,3-4,9-11,21H2,1-2H3,(H,22,23,24,25). The summed E-state index contributed by atoms with van der Waals surface area (Å²) in [7, 11) is 1.64. The number of benzene rings is 1. The summed E-state index contributed by atoms with van der Waals surface area (Å²) in [5.41, 5.74) is 3.16. The molecule has 1 atom stereocenters. The number of hydrogen-bond acceptors (Lipinski definition) is 7. The van der Waals surface area contributed by atoms with Gasteiger partial charge in [-0.2, -0.15) is 4.98 Å². The number of amides is 1. The van der Waals surface area contributed by atoms with Crippen LogP contribution in [0.15, 0.2) is 30.6 Å². The van der Waals surface area contributed by atoms with E-state index in [0.717, 1.165) is 48.5 Å². The highest BCUT2D eigenvalue weighted by molar-refractivity contribution is 5.88. The van der Waals surface area contributed by atoms with E-state index in [2.05, 4.69) is 19.9 Å². The van der Waals surface area contributed by atoms with E-state index in [9.17, 15) is 4.79 Å². The van der Waals surface area contributed by atoms with Crippen molar-refractivity contribution in [2.45, 2.75) is 19.8 Å². The van der Waals surface area contributed by atoms with Crippen LogP contribution in [0.4, 0.5) is 5.95 Å². The Bertz CT molecular complexity index is 1000. The van der Waals surface area contributed by atoms with Crippen molar-refractivity contribution in [1.82, 2.24) is 24.9 Å². The van der Waals surface area contributed by atoms with Gasteiger partial charge in [-0.1, -0.05) is 0 Å². The summed E-state index contributed by atoms with van der Waals surface area (Å²) in [4.78, 5) is 30.7. The summed E-state index contributed by atoms with van der Waals surface area (Å²) in [5.74, 6) is 7.43. The molecule has 3 aromatic rings. The second kappa shape index (κ2) is 8.04. The van der Waals surface area contributed by atoms with Crippen LogP contribution >= 0.6 is 0 Å². The Morgan fingerprint density at radius 1 is 1.34 bits per heavy atom. The second-order valence-corrected chi connectivity index (χ2v) is 7.33. The summed E-state index contributed by atoms with van der Waals surface area (Å²) >= 11 is 0. The predicted molar refractivity (Wildman–Crippen MR) is 110 cm³/mol. The second-order valence-electron chi connectivity index (χ2n) is 7.33. The first-order valence-corrected chi connectivity index (χ1v) is 9.68. The van der Waals surface area contributed by atoms with Crippen LogP contribution < -0.4 is 15.5 Å². The van der Waals surface area contributed by atoms with Gasteiger partial charge in [0.2, 0.25) is 11.9 Å². The fourth-order valence-corrected chi connectivity index (χ4v) is 3.72. The average Bonchev–Trinajstić information content (AvgIpc) is 3.22. The van der Waals surface area contributed by atoms with Crippen LogP contribution in [0.3, 0.4) is 0 Å². The zero-order valence-electron chi connectivity index (χ0n) is 16.6. The number of carbonyl (C=O) groups excluding carboxylic acids is 1. The minimum atomic E-state index is -0.126. The lowest BCUT2D eigenvalue weighted by atomic mass is 9.98. The van der Waals surface area contributed by atoms with E-state index in [1.807, 2.05) is 24.3 Å². The van der Waals surface area contributed by atoms with Crippen LogP contribution in [0.25, 0.3) is 22.4 Å². The van der Waals surface area contributed by atoms with E-state index in [-0.39, 0.29) is 11.8 Å². The predicted octanol–water partition coefficient (Wildman–Crippen LogP) is 1.97. The third-order valence-electron chi connectivity index (χ3n) is 5.29. The number of fused-ring (bicyclic) bond motifs is 1. The zero-order valence-corrected chi connectivity index (χ0v) is 16.6. The fraction of sp³-hybridized carbons (Fsp3) is 0.400. The topological polar surface area (TPSA) is 113 Å². The van der Waals surface area contributed by atoms with Gasteiger partial charge < -0.3 is 14.6 Å². The van der Waals surface area contributed by atoms with Crippen LogP contribution in [0, 0.1) is 5.92 Å². The number of aromatic amines is 1. The van der Waals surface area contributed by atoms with Crippen LogP contribution in [0.2, 0.25) is 0 Å². The molecule has 1 unspecified atom stereocenters. The van der Waals surface area contributed by atoms with Gasteiger partial charge in [0, 0.05) is 32.1 Å². The molecule has 2 aromatic heterocycles. The van der Waals surface area contributed by atoms with Crippen molar-refractivity contribution in [2.24, 2.45) is 11.8 Å². The molecule has 1 aliphatic heterocycles. The third-order valence-corrected chi connectivity index (χ3v) is 5.29. The number of H-pyrrole nitrogens is 1. The van der Waals surface area contributed by atoms with Crippen LogP contribution in [-0.2, 0) is 4.79 Å². The number of nitrogens with zero attached hydrogens (tertiary/aromatic N) is 5. The first kappa shape index (κ1) is 19.1. The van der Waals surface area contributed by atoms with Gasteiger partial charge in [0.25, 0.3) is 0 Å². The summed E-state index contributed by atoms with van der Waals surface area (Å²) in [6, 6.07) is 7.75. The number of carbonyl (C=O) groups is 1. The highest BCUT2D eigenvalue weighted by atomic mass is 16.5. The number of hydrazine groups is 1. The summed E-state index contributed by atoms with van der Waals surface area (Å²) < 4.78 is 5.26. The number of aromatic nitrogens is 4. The minimum absolute atomic E-state index is 0.126. The minimum Gasteiger partial charge on any atom is -0.497 e. The molecular weight excluding hydrogens is 370 g/mol. The molecule has 0 aliphatic carbocycles. The van der Waals surface area contributed by atoms with Gasteiger partial charge in [-0.15, -0.1) is 0 Å². The van der Waals surface area contributed by atoms with Gasteiger partial charge in [0.05, 0.1) is 13.4 Å². The first-order valence-electron chi connectivity index (χ1n) is 9.68. The molecule has 1 aromatic carbocycles. The molecule has 3 N–H and O–H groups in total. The largest absolute Gasteiger partial charge is 0.497 e. The molecule has 0 spiro atoms. The van der Waals surface area contributed by atoms with Gasteiger partial charge in [-0.3, -0.25) is 9.80 Å². The maximum atomic E-state index is 11.5. The van der Waals surface area contributed by atoms with Crippen molar-refractivity contribution in [1.29, 1.82) is 0 Å². The normalized spacial score (nSPS) is 16.8. The van der Waals surface area contributed by atoms with Gasteiger partial charge in [-0.05, 0) is 43.0 Å². The monoisotopic (exact) mass is 395 g/mol. The number of anilines is 1. The van der Waals surface area contributed by atoms with Crippen molar-refractivity contribution in [3.63, 3.8) is 0 Å². The number of nitrogens with two attached hydrogens (primary N) is 1. The third kappa shape index (κ3) is 4.00. The van der Waals surface area contributed by atoms with Crippen molar-refractivity contribution in [3.05, 3.63) is 30.6 Å². The Labute approximate surface area is 168 Å². The molecule has 1 fully saturated rings. The number of piperidine rings is 1. The van der Waals surface area contributed by atoms with E-state index in [1.165, 1.54) is 11.9 Å². The summed E-state index contributed by atoms with van der Waals surface area (Å²) in [6.07, 6.45) is 3.65. The molecule has 4 rings (SSSR count). The summed E-state index contributed by atoms with van der Waals surface area (Å²) in [5, 5.41) is 1.29. The molecule has 152 valence electrons. The molecule has 1 amide bonds. The number of imidazole rings is 1. The highest BCUT2D eigenvalue weighted by Gasteiger charge is 2.25. The Hall–Kier alpha value is -3.20. The smallest absolute Gasteiger partial charge is 0.233 e. The average molecular weight is 395 g/mol. The molecule has 0 saturated carbocycles. The zero-order chi connectivity index (χ0) is 20.4. The fourth-order valence-electron chi connectivity index (χ4n) is 3.72. The van der Waals surface area contributed by atoms with Crippen molar-refractivity contribution in [3.8, 4) is 17.0 Å². The molecule has 1 aliphatic rings. The number of hydrogen-bond donors (Lipinski definition) is 2. The Morgan fingerprint density at radius 3 is 2.86 bits per heavy atom. The Balaban J connectivity index is 1.64. The van der Waals surface area contributed by atoms with Gasteiger partial charge in [0.15, 0.2) is 5.65 Å². The maximum Gasteiger partial charge on any atom is 0.233 e. The number of ether oxygens (including phenoxy) is 1. The van der Waals surface area contributed by atoms with Gasteiger partial charge in [0.1, 0.15) is 17.0 Å². The van der Waals surface area contributed by atoms with Crippen LogP contribution in [0.5, 0.6) is 5.75 Å². The number of rotatable bonds is 5. The lowest BCUT2D eigenvalue weighted by molar-refractivity contribution is -0.129. The van der Waals surface area contributed by atoms with Crippen molar-refractivity contribution >= 4 is 23.0 Å². The molecule has 1 saturated heterocycles. The molecule has 3 heterocycles. The Morgan fingerprint density at radius 2 is 2.14 bits per heavy atom. The molecule has 0 radical (unpaired) electrons. The first-order chi connectivity index (χ1) is 14.0. The summed E-state index contributed by atoms with van der Waals surface area (Å²) in [6.45, 7) is 3.63. The van der Waals surface area contributed by atoms with Gasteiger partial charge >= 0.3 is 0 Å². The molecule has 29 heavy (non-hydrogen) atoms. The number of methoxy groups -OCH3 is 1. The molecule has 9 heteroatoms. The van der Waals surface area contributed by atoms with Crippen molar-refractivity contribution < 1.29 is 9.53 Å². The van der Waals surface area contributed by atoms with E-state index >= 15 is 0 Å². The molecular formula is C20H25N7O2. The van der Waals surface area contributed by atoms with Crippen LogP contribution in [0.1, 0.15) is 19.8 Å². The van der Waals surface area contributed by atoms with Crippen LogP contribution in [-0.4, -0.2) is 57.6 Å². The van der Waals surface area contributed by atoms with E-state index in [1.54, 1.807) is 13.4 Å². The van der Waals surface area contributed by atoms with Crippen molar-refractivity contribution in [2.75, 3.05) is 31.6 Å². The molecule has 0 bridgehead atoms. The number of nitrogens with one attached hydrogen (secondary N) is 1. The van der Waals surface area contributed by atoms with Gasteiger partial charge in [-0.25, -0.2) is 15.8 Å². The lowest BCUT2D eigenvalue weighted by Crippen LogP contribution is -2.45. The lowest BCUT2D eigenvalue weighted by Gasteiger charge is -2.34. The molecule has 9 nitrogen and oxygen atoms in total. The van der Waals surface area contributed by atoms with E-state index in [0.29, 0.717) is 18.1 Å². The quantitative estimate of drug-likeness (QED) is 0.386. The Kier molecular flexibility index (Phi) is 5.30.